The maximum absolute atomic E-state index is 11.8. The highest BCUT2D eigenvalue weighted by molar-refractivity contribution is 7.15. The van der Waals surface area contributed by atoms with Crippen molar-refractivity contribution in [3.05, 3.63) is 76.2 Å². The first-order chi connectivity index (χ1) is 11.2. The fourth-order valence-electron chi connectivity index (χ4n) is 1.94. The summed E-state index contributed by atoms with van der Waals surface area (Å²) in [5.41, 5.74) is 1.15. The summed E-state index contributed by atoms with van der Waals surface area (Å²) in [5.74, 6) is 0.386. The molecule has 2 heterocycles. The standard InChI is InChI=1S/C17H13ClN2O2S/c18-13-5-3-12(4-6-13)10-15-11-19-17(23-15)20-16(21)8-7-14-2-1-9-22-14/h1-9,11H,10H2,(H,19,20,21)/b8-7-. The summed E-state index contributed by atoms with van der Waals surface area (Å²) >= 11 is 7.32. The third kappa shape index (κ3) is 4.55. The second kappa shape index (κ2) is 7.26. The van der Waals surface area contributed by atoms with Crippen LogP contribution in [0.1, 0.15) is 16.2 Å². The van der Waals surface area contributed by atoms with Crippen LogP contribution in [0, 0.1) is 0 Å². The maximum atomic E-state index is 11.8. The Morgan fingerprint density at radius 2 is 2.13 bits per heavy atom. The lowest BCUT2D eigenvalue weighted by atomic mass is 10.1. The first-order valence-corrected chi connectivity index (χ1v) is 8.10. The molecule has 0 aliphatic rings. The van der Waals surface area contributed by atoms with Crippen LogP contribution in [-0.2, 0) is 11.2 Å². The van der Waals surface area contributed by atoms with Gasteiger partial charge in [-0.3, -0.25) is 10.1 Å². The largest absolute Gasteiger partial charge is 0.465 e. The number of hydrogen-bond acceptors (Lipinski definition) is 4. The van der Waals surface area contributed by atoms with E-state index in [2.05, 4.69) is 10.3 Å². The molecule has 0 saturated carbocycles. The number of nitrogens with one attached hydrogen (secondary N) is 1. The third-order valence-electron chi connectivity index (χ3n) is 3.02. The van der Waals surface area contributed by atoms with Gasteiger partial charge in [-0.1, -0.05) is 23.7 Å². The molecule has 3 aromatic rings. The summed E-state index contributed by atoms with van der Waals surface area (Å²) in [6, 6.07) is 11.2. The van der Waals surface area contributed by atoms with Gasteiger partial charge in [0.15, 0.2) is 5.13 Å². The molecule has 0 unspecified atom stereocenters. The Morgan fingerprint density at radius 3 is 2.87 bits per heavy atom. The number of aromatic nitrogens is 1. The lowest BCUT2D eigenvalue weighted by molar-refractivity contribution is -0.111. The lowest BCUT2D eigenvalue weighted by Gasteiger charge is -1.98. The number of halogens is 1. The number of anilines is 1. The van der Waals surface area contributed by atoms with Crippen molar-refractivity contribution in [1.82, 2.24) is 4.98 Å². The van der Waals surface area contributed by atoms with Gasteiger partial charge in [0.25, 0.3) is 0 Å². The van der Waals surface area contributed by atoms with Crippen molar-refractivity contribution in [2.24, 2.45) is 0 Å². The second-order valence-corrected chi connectivity index (χ2v) is 6.32. The molecular formula is C17H13ClN2O2S. The zero-order valence-electron chi connectivity index (χ0n) is 12.0. The van der Waals surface area contributed by atoms with E-state index in [0.29, 0.717) is 15.9 Å². The van der Waals surface area contributed by atoms with Gasteiger partial charge < -0.3 is 4.42 Å². The number of carbonyl (C=O) groups is 1. The minimum absolute atomic E-state index is 0.242. The number of nitrogens with zero attached hydrogens (tertiary/aromatic N) is 1. The van der Waals surface area contributed by atoms with Gasteiger partial charge >= 0.3 is 0 Å². The van der Waals surface area contributed by atoms with Gasteiger partial charge in [0, 0.05) is 28.6 Å². The summed E-state index contributed by atoms with van der Waals surface area (Å²) in [4.78, 5) is 17.1. The van der Waals surface area contributed by atoms with Crippen molar-refractivity contribution in [2.75, 3.05) is 5.32 Å². The minimum atomic E-state index is -0.242. The highest BCUT2D eigenvalue weighted by Gasteiger charge is 2.05. The van der Waals surface area contributed by atoms with E-state index in [-0.39, 0.29) is 5.91 Å². The monoisotopic (exact) mass is 344 g/mol. The molecule has 0 aliphatic heterocycles. The number of amides is 1. The maximum Gasteiger partial charge on any atom is 0.250 e. The Kier molecular flexibility index (Phi) is 4.90. The molecule has 0 bridgehead atoms. The minimum Gasteiger partial charge on any atom is -0.465 e. The summed E-state index contributed by atoms with van der Waals surface area (Å²) in [6.07, 6.45) is 7.11. The first kappa shape index (κ1) is 15.5. The third-order valence-corrected chi connectivity index (χ3v) is 4.18. The number of benzene rings is 1. The van der Waals surface area contributed by atoms with E-state index in [9.17, 15) is 4.79 Å². The normalized spacial score (nSPS) is 11.0. The summed E-state index contributed by atoms with van der Waals surface area (Å²) < 4.78 is 5.12. The van der Waals surface area contributed by atoms with E-state index in [4.69, 9.17) is 16.0 Å². The van der Waals surface area contributed by atoms with Crippen LogP contribution < -0.4 is 5.32 Å². The fourth-order valence-corrected chi connectivity index (χ4v) is 2.92. The summed E-state index contributed by atoms with van der Waals surface area (Å²) in [6.45, 7) is 0. The van der Waals surface area contributed by atoms with E-state index < -0.39 is 0 Å². The van der Waals surface area contributed by atoms with Crippen LogP contribution in [0.25, 0.3) is 6.08 Å². The molecule has 4 nitrogen and oxygen atoms in total. The number of hydrogen-bond donors (Lipinski definition) is 1. The average Bonchev–Trinajstić information content (AvgIpc) is 3.20. The van der Waals surface area contributed by atoms with E-state index in [1.165, 1.54) is 17.4 Å². The van der Waals surface area contributed by atoms with Crippen molar-refractivity contribution in [3.8, 4) is 0 Å². The quantitative estimate of drug-likeness (QED) is 0.686. The highest BCUT2D eigenvalue weighted by atomic mass is 35.5. The summed E-state index contributed by atoms with van der Waals surface area (Å²) in [5, 5.41) is 4.03. The molecule has 1 N–H and O–H groups in total. The first-order valence-electron chi connectivity index (χ1n) is 6.91. The fraction of sp³-hybridized carbons (Fsp3) is 0.0588. The van der Waals surface area contributed by atoms with Crippen molar-refractivity contribution in [3.63, 3.8) is 0 Å². The molecule has 6 heteroatoms. The van der Waals surface area contributed by atoms with Crippen molar-refractivity contribution in [2.45, 2.75) is 6.42 Å². The molecule has 23 heavy (non-hydrogen) atoms. The number of rotatable bonds is 5. The van der Waals surface area contributed by atoms with Gasteiger partial charge in [0.2, 0.25) is 5.91 Å². The van der Waals surface area contributed by atoms with Crippen LogP contribution >= 0.6 is 22.9 Å². The van der Waals surface area contributed by atoms with E-state index in [1.54, 1.807) is 30.7 Å². The SMILES string of the molecule is O=C(/C=C\c1ccco1)Nc1ncc(Cc2ccc(Cl)cc2)s1. The molecule has 116 valence electrons. The number of thiazole rings is 1. The zero-order chi connectivity index (χ0) is 16.1. The Labute approximate surface area is 142 Å². The molecule has 0 saturated heterocycles. The average molecular weight is 345 g/mol. The predicted molar refractivity (Wildman–Crippen MR) is 92.7 cm³/mol. The van der Waals surface area contributed by atoms with Crippen molar-refractivity contribution < 1.29 is 9.21 Å². The van der Waals surface area contributed by atoms with E-state index in [1.807, 2.05) is 24.3 Å². The molecule has 0 fully saturated rings. The summed E-state index contributed by atoms with van der Waals surface area (Å²) in [7, 11) is 0. The molecule has 3 rings (SSSR count). The van der Waals surface area contributed by atoms with Gasteiger partial charge in [-0.05, 0) is 35.9 Å². The molecule has 0 atom stereocenters. The van der Waals surface area contributed by atoms with Crippen molar-refractivity contribution in [1.29, 1.82) is 0 Å². The lowest BCUT2D eigenvalue weighted by Crippen LogP contribution is -2.06. The Morgan fingerprint density at radius 1 is 1.30 bits per heavy atom. The molecule has 0 radical (unpaired) electrons. The molecule has 1 aromatic carbocycles. The highest BCUT2D eigenvalue weighted by Crippen LogP contribution is 2.22. The topological polar surface area (TPSA) is 55.1 Å². The smallest absolute Gasteiger partial charge is 0.250 e. The van der Waals surface area contributed by atoms with Gasteiger partial charge in [-0.2, -0.15) is 0 Å². The Hall–Kier alpha value is -2.37. The molecule has 0 spiro atoms. The molecule has 2 aromatic heterocycles. The second-order valence-electron chi connectivity index (χ2n) is 4.77. The van der Waals surface area contributed by atoms with Crippen LogP contribution in [-0.4, -0.2) is 10.9 Å². The van der Waals surface area contributed by atoms with Crippen molar-refractivity contribution >= 4 is 40.1 Å². The van der Waals surface area contributed by atoms with Gasteiger partial charge in [-0.15, -0.1) is 11.3 Å². The van der Waals surface area contributed by atoms with Crippen LogP contribution in [0.3, 0.4) is 0 Å². The molecular weight excluding hydrogens is 332 g/mol. The predicted octanol–water partition coefficient (Wildman–Crippen LogP) is 4.63. The Bertz CT molecular complexity index is 808. The zero-order valence-corrected chi connectivity index (χ0v) is 13.6. The van der Waals surface area contributed by atoms with Crippen LogP contribution in [0.5, 0.6) is 0 Å². The number of furan rings is 1. The molecule has 0 aliphatic carbocycles. The van der Waals surface area contributed by atoms with Crippen LogP contribution in [0.4, 0.5) is 5.13 Å². The van der Waals surface area contributed by atoms with Gasteiger partial charge in [0.05, 0.1) is 6.26 Å². The van der Waals surface area contributed by atoms with Gasteiger partial charge in [0.1, 0.15) is 5.76 Å². The molecule has 1 amide bonds. The Balaban J connectivity index is 1.58. The number of carbonyl (C=O) groups excluding carboxylic acids is 1. The van der Waals surface area contributed by atoms with Gasteiger partial charge in [-0.25, -0.2) is 4.98 Å². The van der Waals surface area contributed by atoms with Crippen LogP contribution in [0.15, 0.2) is 59.4 Å². The van der Waals surface area contributed by atoms with E-state index >= 15 is 0 Å². The van der Waals surface area contributed by atoms with Crippen LogP contribution in [0.2, 0.25) is 5.02 Å². The van der Waals surface area contributed by atoms with E-state index in [0.717, 1.165) is 16.9 Å².